The lowest BCUT2D eigenvalue weighted by Gasteiger charge is -2.26. The number of nitrogens with zero attached hydrogens (tertiary/aromatic N) is 3. The molecule has 0 bridgehead atoms. The van der Waals surface area contributed by atoms with Crippen molar-refractivity contribution >= 4 is 17.4 Å². The molecule has 0 aliphatic carbocycles. The summed E-state index contributed by atoms with van der Waals surface area (Å²) in [6, 6.07) is 21.0. The number of carbonyl (C=O) groups is 2. The van der Waals surface area contributed by atoms with Gasteiger partial charge in [0.1, 0.15) is 18.1 Å². The van der Waals surface area contributed by atoms with E-state index < -0.39 is 17.7 Å². The summed E-state index contributed by atoms with van der Waals surface area (Å²) in [5.41, 5.74) is 2.00. The summed E-state index contributed by atoms with van der Waals surface area (Å²) in [6.45, 7) is 1.25. The fourth-order valence-corrected chi connectivity index (χ4v) is 4.93. The summed E-state index contributed by atoms with van der Waals surface area (Å²) in [6.07, 6.45) is 5.81. The monoisotopic (exact) mass is 553 g/mol. The molecule has 0 saturated carbocycles. The molecule has 41 heavy (non-hydrogen) atoms. The average molecular weight is 554 g/mol. The van der Waals surface area contributed by atoms with Crippen molar-refractivity contribution in [3.05, 3.63) is 114 Å². The number of aromatic nitrogens is 2. The van der Waals surface area contributed by atoms with Gasteiger partial charge in [-0.1, -0.05) is 48.5 Å². The van der Waals surface area contributed by atoms with Gasteiger partial charge in [-0.25, -0.2) is 4.98 Å². The van der Waals surface area contributed by atoms with Gasteiger partial charge in [0.05, 0.1) is 32.2 Å². The van der Waals surface area contributed by atoms with Crippen molar-refractivity contribution < 1.29 is 28.9 Å². The zero-order chi connectivity index (χ0) is 28.8. The molecule has 1 saturated heterocycles. The maximum Gasteiger partial charge on any atom is 0.295 e. The van der Waals surface area contributed by atoms with Crippen molar-refractivity contribution in [2.45, 2.75) is 25.6 Å². The van der Waals surface area contributed by atoms with Gasteiger partial charge in [-0.05, 0) is 41.8 Å². The lowest BCUT2D eigenvalue weighted by Crippen LogP contribution is -2.31. The van der Waals surface area contributed by atoms with Crippen molar-refractivity contribution in [3.63, 3.8) is 0 Å². The predicted octanol–water partition coefficient (Wildman–Crippen LogP) is 4.99. The molecule has 2 heterocycles. The average Bonchev–Trinajstić information content (AvgIpc) is 3.62. The first-order valence-electron chi connectivity index (χ1n) is 13.2. The zero-order valence-corrected chi connectivity index (χ0v) is 22.9. The zero-order valence-electron chi connectivity index (χ0n) is 22.9. The smallest absolute Gasteiger partial charge is 0.295 e. The Balaban J connectivity index is 1.51. The second-order valence-corrected chi connectivity index (χ2v) is 9.56. The van der Waals surface area contributed by atoms with Gasteiger partial charge in [0, 0.05) is 31.0 Å². The minimum absolute atomic E-state index is 0.00545. The largest absolute Gasteiger partial charge is 0.507 e. The first-order chi connectivity index (χ1) is 20.0. The van der Waals surface area contributed by atoms with E-state index in [2.05, 4.69) is 4.98 Å². The Kier molecular flexibility index (Phi) is 8.34. The number of likely N-dealkylation sites (tertiary alicyclic amines) is 1. The molecule has 1 aromatic heterocycles. The molecule has 1 N–H and O–H groups in total. The van der Waals surface area contributed by atoms with Crippen molar-refractivity contribution in [2.24, 2.45) is 0 Å². The van der Waals surface area contributed by atoms with E-state index in [-0.39, 0.29) is 17.9 Å². The Bertz CT molecular complexity index is 1550. The molecule has 1 atom stereocenters. The minimum atomic E-state index is -0.832. The van der Waals surface area contributed by atoms with Gasteiger partial charge < -0.3 is 28.8 Å². The molecule has 0 spiro atoms. The van der Waals surface area contributed by atoms with Crippen LogP contribution in [-0.4, -0.2) is 52.0 Å². The molecule has 1 fully saturated rings. The highest BCUT2D eigenvalue weighted by molar-refractivity contribution is 6.46. The number of ketones is 1. The van der Waals surface area contributed by atoms with Crippen LogP contribution in [0, 0.1) is 0 Å². The van der Waals surface area contributed by atoms with Gasteiger partial charge >= 0.3 is 0 Å². The van der Waals surface area contributed by atoms with Crippen LogP contribution in [0.3, 0.4) is 0 Å². The molecule has 4 aromatic rings. The maximum absolute atomic E-state index is 13.4. The lowest BCUT2D eigenvalue weighted by atomic mass is 9.95. The molecule has 1 unspecified atom stereocenters. The number of rotatable bonds is 11. The van der Waals surface area contributed by atoms with E-state index in [0.29, 0.717) is 47.9 Å². The Labute approximate surface area is 238 Å². The quantitative estimate of drug-likeness (QED) is 0.159. The van der Waals surface area contributed by atoms with Gasteiger partial charge in [0.2, 0.25) is 0 Å². The van der Waals surface area contributed by atoms with E-state index in [0.717, 1.165) is 5.56 Å². The Hall–Kier alpha value is -5.05. The highest BCUT2D eigenvalue weighted by atomic mass is 16.5. The fourth-order valence-electron chi connectivity index (χ4n) is 4.93. The summed E-state index contributed by atoms with van der Waals surface area (Å²) < 4.78 is 18.9. The number of amides is 1. The van der Waals surface area contributed by atoms with E-state index >= 15 is 0 Å². The molecule has 1 amide bonds. The van der Waals surface area contributed by atoms with E-state index in [1.54, 1.807) is 55.0 Å². The number of benzene rings is 3. The van der Waals surface area contributed by atoms with Gasteiger partial charge in [0.15, 0.2) is 11.5 Å². The van der Waals surface area contributed by atoms with E-state index in [1.807, 2.05) is 41.1 Å². The molecular formula is C32H31N3O6. The van der Waals surface area contributed by atoms with E-state index in [9.17, 15) is 14.7 Å². The van der Waals surface area contributed by atoms with Crippen LogP contribution in [-0.2, 0) is 22.7 Å². The van der Waals surface area contributed by atoms with Crippen molar-refractivity contribution in [2.75, 3.05) is 20.8 Å². The van der Waals surface area contributed by atoms with Gasteiger partial charge in [-0.15, -0.1) is 0 Å². The Morgan fingerprint density at radius 1 is 0.927 bits per heavy atom. The molecular weight excluding hydrogens is 522 g/mol. The van der Waals surface area contributed by atoms with Crippen molar-refractivity contribution in [3.8, 4) is 17.2 Å². The molecule has 5 rings (SSSR count). The standard InChI is InChI=1S/C32H31N3O6/c1-39-25-11-6-10-24(18-25)30(36)28-29(35(32(38)31(28)37)16-7-15-34-17-14-33-21-34)23-12-13-26(27(19-23)40-2)41-20-22-8-4-3-5-9-22/h3-6,8-14,17-19,21,29,36H,7,15-16,20H2,1-2H3/b30-28+. The number of carbonyl (C=O) groups excluding carboxylic acids is 2. The van der Waals surface area contributed by atoms with Crippen LogP contribution in [0.5, 0.6) is 17.2 Å². The fraction of sp³-hybridized carbons (Fsp3) is 0.219. The number of aliphatic hydroxyl groups excluding tert-OH is 1. The molecule has 3 aromatic carbocycles. The molecule has 9 heteroatoms. The third-order valence-corrected chi connectivity index (χ3v) is 7.00. The molecule has 210 valence electrons. The number of hydrogen-bond acceptors (Lipinski definition) is 7. The topological polar surface area (TPSA) is 103 Å². The van der Waals surface area contributed by atoms with Gasteiger partial charge in [-0.2, -0.15) is 0 Å². The molecule has 1 aliphatic rings. The summed E-state index contributed by atoms with van der Waals surface area (Å²) >= 11 is 0. The van der Waals surface area contributed by atoms with Crippen molar-refractivity contribution in [1.29, 1.82) is 0 Å². The number of aliphatic hydroxyl groups is 1. The molecule has 1 aliphatic heterocycles. The van der Waals surface area contributed by atoms with E-state index in [1.165, 1.54) is 19.1 Å². The summed E-state index contributed by atoms with van der Waals surface area (Å²) in [5, 5.41) is 11.4. The van der Waals surface area contributed by atoms with Crippen LogP contribution < -0.4 is 14.2 Å². The van der Waals surface area contributed by atoms with Crippen molar-refractivity contribution in [1.82, 2.24) is 14.5 Å². The summed E-state index contributed by atoms with van der Waals surface area (Å²) in [4.78, 5) is 32.4. The molecule has 0 radical (unpaired) electrons. The van der Waals surface area contributed by atoms with E-state index in [4.69, 9.17) is 14.2 Å². The first kappa shape index (κ1) is 27.5. The number of methoxy groups -OCH3 is 2. The maximum atomic E-state index is 13.4. The van der Waals surface area contributed by atoms with Crippen LogP contribution in [0.1, 0.15) is 29.2 Å². The molecule has 9 nitrogen and oxygen atoms in total. The number of ether oxygens (including phenoxy) is 3. The first-order valence-corrected chi connectivity index (χ1v) is 13.2. The Morgan fingerprint density at radius 2 is 1.76 bits per heavy atom. The van der Waals surface area contributed by atoms with Crippen LogP contribution in [0.2, 0.25) is 0 Å². The normalized spacial score (nSPS) is 16.1. The van der Waals surface area contributed by atoms with Crippen LogP contribution in [0.4, 0.5) is 0 Å². The number of Topliss-reactive ketones (excluding diaryl/α,β-unsaturated/α-hetero) is 1. The SMILES string of the molecule is COc1cccc(/C(O)=C2\C(=O)C(=O)N(CCCn3ccnc3)C2c2ccc(OCc3ccccc3)c(OC)c2)c1. The Morgan fingerprint density at radius 3 is 2.49 bits per heavy atom. The second-order valence-electron chi connectivity index (χ2n) is 9.56. The third-order valence-electron chi connectivity index (χ3n) is 7.00. The summed E-state index contributed by atoms with van der Waals surface area (Å²) in [7, 11) is 3.05. The van der Waals surface area contributed by atoms with Gasteiger partial charge in [-0.3, -0.25) is 9.59 Å². The predicted molar refractivity (Wildman–Crippen MR) is 153 cm³/mol. The highest BCUT2D eigenvalue weighted by Crippen LogP contribution is 2.42. The van der Waals surface area contributed by atoms with Crippen LogP contribution >= 0.6 is 0 Å². The lowest BCUT2D eigenvalue weighted by molar-refractivity contribution is -0.139. The second kappa shape index (κ2) is 12.4. The highest BCUT2D eigenvalue weighted by Gasteiger charge is 2.46. The number of hydrogen-bond donors (Lipinski definition) is 1. The van der Waals surface area contributed by atoms with Crippen LogP contribution in [0.25, 0.3) is 5.76 Å². The minimum Gasteiger partial charge on any atom is -0.507 e. The summed E-state index contributed by atoms with van der Waals surface area (Å²) in [5.74, 6) is -0.210. The van der Waals surface area contributed by atoms with Gasteiger partial charge in [0.25, 0.3) is 11.7 Å². The number of aryl methyl sites for hydroxylation is 1. The third kappa shape index (κ3) is 5.94. The van der Waals surface area contributed by atoms with Crippen LogP contribution in [0.15, 0.2) is 97.1 Å². The number of imidazole rings is 1.